The van der Waals surface area contributed by atoms with Crippen LogP contribution in [-0.2, 0) is 0 Å². The molecule has 2 aliphatic rings. The molecule has 0 aliphatic heterocycles. The van der Waals surface area contributed by atoms with Gasteiger partial charge >= 0.3 is 0 Å². The zero-order chi connectivity index (χ0) is 10.3. The molecule has 2 unspecified atom stereocenters. The van der Waals surface area contributed by atoms with Gasteiger partial charge in [0.25, 0.3) is 5.92 Å². The minimum atomic E-state index is -2.42. The molecule has 0 aromatic rings. The Hall–Kier alpha value is -0.910. The number of nitrogens with zero attached hydrogens (tertiary/aromatic N) is 1. The fraction of sp³-hybridized carbons (Fsp3) is 0.875. The summed E-state index contributed by atoms with van der Waals surface area (Å²) in [5.41, 5.74) is 5.24. The average Bonchev–Trinajstić information content (AvgIpc) is 2.57. The zero-order valence-electron chi connectivity index (χ0n) is 7.58. The van der Waals surface area contributed by atoms with Crippen LogP contribution in [-0.4, -0.2) is 29.6 Å². The van der Waals surface area contributed by atoms with E-state index in [1.807, 2.05) is 0 Å². The van der Waals surface area contributed by atoms with E-state index >= 15 is 0 Å². The zero-order valence-corrected chi connectivity index (χ0v) is 7.58. The van der Waals surface area contributed by atoms with Crippen molar-refractivity contribution in [1.82, 2.24) is 5.32 Å². The molecule has 80 valence electrons. The van der Waals surface area contributed by atoms with Gasteiger partial charge in [-0.15, -0.1) is 0 Å². The number of rotatable bonds is 3. The van der Waals surface area contributed by atoms with Crippen molar-refractivity contribution in [2.24, 2.45) is 22.7 Å². The second-order valence-electron chi connectivity index (χ2n) is 4.03. The maximum Gasteiger partial charge on any atom is 0.254 e. The Morgan fingerprint density at radius 3 is 2.57 bits per heavy atom. The first-order valence-corrected chi connectivity index (χ1v) is 4.63. The second kappa shape index (κ2) is 3.05. The molecular weight excluding hydrogens is 192 g/mol. The molecule has 6 heteroatoms. The van der Waals surface area contributed by atoms with Crippen molar-refractivity contribution >= 4 is 5.84 Å². The molecule has 0 aromatic carbocycles. The van der Waals surface area contributed by atoms with E-state index < -0.39 is 17.8 Å². The summed E-state index contributed by atoms with van der Waals surface area (Å²) in [6.07, 6.45) is 0.993. The Balaban J connectivity index is 1.73. The van der Waals surface area contributed by atoms with Crippen molar-refractivity contribution in [1.29, 1.82) is 0 Å². The Morgan fingerprint density at radius 2 is 2.07 bits per heavy atom. The van der Waals surface area contributed by atoms with E-state index in [0.717, 1.165) is 0 Å². The van der Waals surface area contributed by atoms with Crippen molar-refractivity contribution in [2.75, 3.05) is 6.54 Å². The lowest BCUT2D eigenvalue weighted by molar-refractivity contribution is 0.0677. The number of nitrogens with two attached hydrogens (primary N) is 1. The first kappa shape index (κ1) is 9.64. The van der Waals surface area contributed by atoms with Gasteiger partial charge in [-0.25, -0.2) is 8.78 Å². The fourth-order valence-corrected chi connectivity index (χ4v) is 2.26. The van der Waals surface area contributed by atoms with Crippen molar-refractivity contribution < 1.29 is 14.0 Å². The molecule has 4 N–H and O–H groups in total. The molecule has 0 saturated heterocycles. The van der Waals surface area contributed by atoms with Gasteiger partial charge in [0.05, 0.1) is 6.54 Å². The summed E-state index contributed by atoms with van der Waals surface area (Å²) in [7, 11) is 0. The molecule has 0 aromatic heterocycles. The summed E-state index contributed by atoms with van der Waals surface area (Å²) in [5.74, 6) is -3.22. The molecule has 0 amide bonds. The highest BCUT2D eigenvalue weighted by Crippen LogP contribution is 2.63. The van der Waals surface area contributed by atoms with E-state index in [0.29, 0.717) is 12.8 Å². The van der Waals surface area contributed by atoms with E-state index in [1.165, 1.54) is 0 Å². The monoisotopic (exact) mass is 205 g/mol. The van der Waals surface area contributed by atoms with E-state index in [4.69, 9.17) is 10.9 Å². The second-order valence-corrected chi connectivity index (χ2v) is 4.03. The third-order valence-electron chi connectivity index (χ3n) is 3.14. The normalized spacial score (nSPS) is 39.6. The number of hydrogen-bond donors (Lipinski definition) is 3. The standard InChI is InChI=1S/C8H13F2N3O/c9-8(10)5-1-4(2-6(5)8)12-3-7(11)13-14/h4-6,12,14H,1-3H2,(H2,11,13). The molecule has 2 aliphatic carbocycles. The summed E-state index contributed by atoms with van der Waals surface area (Å²) in [4.78, 5) is 0. The minimum absolute atomic E-state index is 0.0809. The van der Waals surface area contributed by atoms with Crippen molar-refractivity contribution in [3.63, 3.8) is 0 Å². The van der Waals surface area contributed by atoms with Gasteiger partial charge in [-0.2, -0.15) is 0 Å². The van der Waals surface area contributed by atoms with Crippen LogP contribution in [0, 0.1) is 11.8 Å². The maximum absolute atomic E-state index is 12.8. The highest BCUT2D eigenvalue weighted by molar-refractivity contribution is 5.81. The molecule has 2 saturated carbocycles. The summed E-state index contributed by atoms with van der Waals surface area (Å²) in [6, 6.07) is 0.0879. The molecule has 0 radical (unpaired) electrons. The van der Waals surface area contributed by atoms with Crippen molar-refractivity contribution in [3.8, 4) is 0 Å². The van der Waals surface area contributed by atoms with E-state index in [-0.39, 0.29) is 18.4 Å². The summed E-state index contributed by atoms with van der Waals surface area (Å²) >= 11 is 0. The lowest BCUT2D eigenvalue weighted by Crippen LogP contribution is -2.36. The summed E-state index contributed by atoms with van der Waals surface area (Å²) in [5, 5.41) is 14.0. The molecule has 0 bridgehead atoms. The first-order chi connectivity index (χ1) is 6.55. The minimum Gasteiger partial charge on any atom is -0.409 e. The molecule has 2 atom stereocenters. The third kappa shape index (κ3) is 1.43. The van der Waals surface area contributed by atoms with Crippen LogP contribution in [0.25, 0.3) is 0 Å². The molecule has 4 nitrogen and oxygen atoms in total. The third-order valence-corrected chi connectivity index (χ3v) is 3.14. The highest BCUT2D eigenvalue weighted by atomic mass is 19.3. The van der Waals surface area contributed by atoms with Gasteiger partial charge in [0.2, 0.25) is 0 Å². The predicted molar refractivity (Wildman–Crippen MR) is 46.4 cm³/mol. The molecule has 2 fully saturated rings. The summed E-state index contributed by atoms with van der Waals surface area (Å²) < 4.78 is 25.5. The Morgan fingerprint density at radius 1 is 1.50 bits per heavy atom. The smallest absolute Gasteiger partial charge is 0.254 e. The predicted octanol–water partition coefficient (Wildman–Crippen LogP) is 0.366. The van der Waals surface area contributed by atoms with Crippen LogP contribution in [0.2, 0.25) is 0 Å². The number of oxime groups is 1. The Labute approximate surface area is 80.1 Å². The van der Waals surface area contributed by atoms with Crippen molar-refractivity contribution in [3.05, 3.63) is 0 Å². The topological polar surface area (TPSA) is 70.6 Å². The molecular formula is C8H13F2N3O. The van der Waals surface area contributed by atoms with Gasteiger partial charge in [0.1, 0.15) is 0 Å². The SMILES string of the molecule is N/C(CNC1CC2C(C1)C2(F)F)=N\O. The van der Waals surface area contributed by atoms with E-state index in [9.17, 15) is 8.78 Å². The van der Waals surface area contributed by atoms with E-state index in [2.05, 4.69) is 10.5 Å². The number of fused-ring (bicyclic) bond motifs is 1. The lowest BCUT2D eigenvalue weighted by Gasteiger charge is -2.15. The van der Waals surface area contributed by atoms with Gasteiger partial charge in [-0.05, 0) is 12.8 Å². The van der Waals surface area contributed by atoms with Gasteiger partial charge in [-0.1, -0.05) is 5.16 Å². The fourth-order valence-electron chi connectivity index (χ4n) is 2.26. The number of amidine groups is 1. The van der Waals surface area contributed by atoms with Crippen LogP contribution in [0.15, 0.2) is 5.16 Å². The number of nitrogens with one attached hydrogen (secondary N) is 1. The lowest BCUT2D eigenvalue weighted by atomic mass is 10.1. The molecule has 0 heterocycles. The number of hydrogen-bond acceptors (Lipinski definition) is 3. The number of halogens is 2. The van der Waals surface area contributed by atoms with Gasteiger partial charge in [-0.3, -0.25) is 0 Å². The van der Waals surface area contributed by atoms with Gasteiger partial charge in [0.15, 0.2) is 5.84 Å². The van der Waals surface area contributed by atoms with Gasteiger partial charge in [0, 0.05) is 17.9 Å². The Bertz CT molecular complexity index is 255. The van der Waals surface area contributed by atoms with Gasteiger partial charge < -0.3 is 16.3 Å². The summed E-state index contributed by atoms with van der Waals surface area (Å²) in [6.45, 7) is 0.256. The Kier molecular flexibility index (Phi) is 2.10. The average molecular weight is 205 g/mol. The van der Waals surface area contributed by atoms with Crippen LogP contribution in [0.3, 0.4) is 0 Å². The first-order valence-electron chi connectivity index (χ1n) is 4.63. The van der Waals surface area contributed by atoms with Crippen LogP contribution in [0.4, 0.5) is 8.78 Å². The molecule has 2 rings (SSSR count). The van der Waals surface area contributed by atoms with Crippen molar-refractivity contribution in [2.45, 2.75) is 24.8 Å². The molecule has 14 heavy (non-hydrogen) atoms. The maximum atomic E-state index is 12.8. The number of alkyl halides is 2. The van der Waals surface area contributed by atoms with Crippen LogP contribution in [0.5, 0.6) is 0 Å². The van der Waals surface area contributed by atoms with Crippen LogP contribution >= 0.6 is 0 Å². The van der Waals surface area contributed by atoms with Crippen LogP contribution in [0.1, 0.15) is 12.8 Å². The quantitative estimate of drug-likeness (QED) is 0.270. The van der Waals surface area contributed by atoms with Crippen LogP contribution < -0.4 is 11.1 Å². The molecule has 0 spiro atoms. The highest BCUT2D eigenvalue weighted by Gasteiger charge is 2.71. The van der Waals surface area contributed by atoms with E-state index in [1.54, 1.807) is 0 Å². The largest absolute Gasteiger partial charge is 0.409 e.